The van der Waals surface area contributed by atoms with E-state index >= 15 is 0 Å². The second-order valence-electron chi connectivity index (χ2n) is 2.43. The summed E-state index contributed by atoms with van der Waals surface area (Å²) in [6.45, 7) is 0. The molecule has 0 saturated carbocycles. The van der Waals surface area contributed by atoms with Crippen LogP contribution in [0.4, 0.5) is 4.79 Å². The van der Waals surface area contributed by atoms with Crippen molar-refractivity contribution in [3.05, 3.63) is 35.9 Å². The highest BCUT2D eigenvalue weighted by Crippen LogP contribution is 2.02. The molecule has 0 bridgehead atoms. The summed E-state index contributed by atoms with van der Waals surface area (Å²) in [6.07, 6.45) is -1.62. The van der Waals surface area contributed by atoms with Crippen LogP contribution in [0, 0.1) is 0 Å². The topological polar surface area (TPSA) is 74.7 Å². The lowest BCUT2D eigenvalue weighted by Crippen LogP contribution is -2.34. The Morgan fingerprint density at radius 2 is 1.79 bits per heavy atom. The van der Waals surface area contributed by atoms with E-state index in [1.807, 2.05) is 0 Å². The van der Waals surface area contributed by atoms with E-state index in [-0.39, 0.29) is 16.9 Å². The van der Waals surface area contributed by atoms with Crippen LogP contribution in [0.3, 0.4) is 0 Å². The third-order valence-electron chi connectivity index (χ3n) is 1.55. The summed E-state index contributed by atoms with van der Waals surface area (Å²) in [5.74, 6) is -0.854. The molecule has 5 nitrogen and oxygen atoms in total. The van der Waals surface area contributed by atoms with Gasteiger partial charge in [-0.1, -0.05) is 18.2 Å². The fraction of sp³-hybridized carbons (Fsp3) is 0. The Labute approximate surface area is 79.6 Å². The Hall–Kier alpha value is -2.17. The zero-order valence-corrected chi connectivity index (χ0v) is 7.08. The van der Waals surface area contributed by atoms with Gasteiger partial charge in [0, 0.05) is 5.56 Å². The number of hydrogen-bond acceptors (Lipinski definition) is 3. The van der Waals surface area contributed by atoms with Gasteiger partial charge in [0.25, 0.3) is 5.91 Å². The maximum Gasteiger partial charge on any atom is 0.421 e. The Morgan fingerprint density at radius 3 is 2.21 bits per heavy atom. The van der Waals surface area contributed by atoms with Gasteiger partial charge in [-0.25, -0.2) is 4.79 Å². The van der Waals surface area contributed by atoms with Gasteiger partial charge in [0.2, 0.25) is 6.41 Å². The van der Waals surface area contributed by atoms with Crippen LogP contribution in [0.2, 0.25) is 0 Å². The average molecular weight is 193 g/mol. The van der Waals surface area contributed by atoms with Crippen LogP contribution in [0.5, 0.6) is 0 Å². The molecule has 1 rings (SSSR count). The second-order valence-corrected chi connectivity index (χ2v) is 2.43. The van der Waals surface area contributed by atoms with E-state index < -0.39 is 12.0 Å². The second kappa shape index (κ2) is 4.18. The van der Waals surface area contributed by atoms with Gasteiger partial charge in [-0.15, -0.1) is 0 Å². The molecular formula is C9H7NO4. The Balaban J connectivity index is 2.95. The molecule has 0 aliphatic rings. The molecule has 72 valence electrons. The van der Waals surface area contributed by atoms with Crippen LogP contribution in [0.25, 0.3) is 0 Å². The monoisotopic (exact) mass is 193 g/mol. The molecule has 0 atom stereocenters. The summed E-state index contributed by atoms with van der Waals surface area (Å²) in [7, 11) is 0. The quantitative estimate of drug-likeness (QED) is 0.710. The van der Waals surface area contributed by atoms with Crippen molar-refractivity contribution in [3.8, 4) is 0 Å². The fourth-order valence-corrected chi connectivity index (χ4v) is 0.900. The Morgan fingerprint density at radius 1 is 1.21 bits per heavy atom. The molecule has 1 aromatic rings. The van der Waals surface area contributed by atoms with E-state index in [2.05, 4.69) is 0 Å². The van der Waals surface area contributed by atoms with Crippen molar-refractivity contribution >= 4 is 18.4 Å². The number of carboxylic acid groups (broad SMARTS) is 1. The summed E-state index contributed by atoms with van der Waals surface area (Å²) in [5.41, 5.74) is 0.155. The molecule has 0 fully saturated rings. The van der Waals surface area contributed by atoms with Crippen molar-refractivity contribution in [2.75, 3.05) is 0 Å². The van der Waals surface area contributed by atoms with E-state index in [1.165, 1.54) is 12.1 Å². The fourth-order valence-electron chi connectivity index (χ4n) is 0.900. The first kappa shape index (κ1) is 9.91. The SMILES string of the molecule is O=CN(C(=O)O)C(=O)c1ccccc1. The maximum absolute atomic E-state index is 11.3. The minimum Gasteiger partial charge on any atom is -0.464 e. The first-order chi connectivity index (χ1) is 6.66. The molecule has 0 aromatic heterocycles. The number of imide groups is 3. The molecule has 1 N–H and O–H groups in total. The molecule has 0 unspecified atom stereocenters. The lowest BCUT2D eigenvalue weighted by atomic mass is 10.2. The number of benzene rings is 1. The van der Waals surface area contributed by atoms with Crippen molar-refractivity contribution < 1.29 is 19.5 Å². The van der Waals surface area contributed by atoms with Crippen LogP contribution in [-0.4, -0.2) is 28.4 Å². The van der Waals surface area contributed by atoms with Crippen LogP contribution in [0.15, 0.2) is 30.3 Å². The molecule has 3 amide bonds. The van der Waals surface area contributed by atoms with Gasteiger partial charge < -0.3 is 5.11 Å². The summed E-state index contributed by atoms with van der Waals surface area (Å²) in [6, 6.07) is 7.71. The first-order valence-corrected chi connectivity index (χ1v) is 3.73. The lowest BCUT2D eigenvalue weighted by Gasteiger charge is -2.08. The van der Waals surface area contributed by atoms with E-state index in [9.17, 15) is 14.4 Å². The third-order valence-corrected chi connectivity index (χ3v) is 1.55. The molecule has 0 heterocycles. The largest absolute Gasteiger partial charge is 0.464 e. The van der Waals surface area contributed by atoms with E-state index in [0.29, 0.717) is 0 Å². The van der Waals surface area contributed by atoms with Gasteiger partial charge in [-0.3, -0.25) is 9.59 Å². The summed E-state index contributed by atoms with van der Waals surface area (Å²) in [4.78, 5) is 32.1. The maximum atomic E-state index is 11.3. The number of nitrogens with zero attached hydrogens (tertiary/aromatic N) is 1. The predicted molar refractivity (Wildman–Crippen MR) is 46.7 cm³/mol. The number of amides is 3. The van der Waals surface area contributed by atoms with Gasteiger partial charge in [-0.2, -0.15) is 4.90 Å². The predicted octanol–water partition coefficient (Wildman–Crippen LogP) is 0.963. The highest BCUT2D eigenvalue weighted by molar-refractivity contribution is 6.09. The van der Waals surface area contributed by atoms with Gasteiger partial charge >= 0.3 is 6.09 Å². The van der Waals surface area contributed by atoms with Crippen molar-refractivity contribution in [2.24, 2.45) is 0 Å². The van der Waals surface area contributed by atoms with E-state index in [0.717, 1.165) is 0 Å². The minimum atomic E-state index is -1.59. The number of hydrogen-bond donors (Lipinski definition) is 1. The van der Waals surface area contributed by atoms with Crippen molar-refractivity contribution in [1.29, 1.82) is 0 Å². The van der Waals surface area contributed by atoms with Crippen molar-refractivity contribution in [2.45, 2.75) is 0 Å². The van der Waals surface area contributed by atoms with Gasteiger partial charge in [-0.05, 0) is 12.1 Å². The zero-order valence-electron chi connectivity index (χ0n) is 7.08. The number of rotatable bonds is 2. The van der Waals surface area contributed by atoms with Crippen LogP contribution < -0.4 is 0 Å². The normalized spacial score (nSPS) is 9.14. The Bertz CT molecular complexity index is 360. The number of carbonyl (C=O) groups is 3. The smallest absolute Gasteiger partial charge is 0.421 e. The molecule has 0 aliphatic heterocycles. The molecule has 1 aromatic carbocycles. The third kappa shape index (κ3) is 1.95. The summed E-state index contributed by atoms with van der Waals surface area (Å²) < 4.78 is 0. The molecule has 5 heteroatoms. The highest BCUT2D eigenvalue weighted by Gasteiger charge is 2.20. The Kier molecular flexibility index (Phi) is 2.96. The van der Waals surface area contributed by atoms with Gasteiger partial charge in [0.15, 0.2) is 0 Å². The molecule has 0 aliphatic carbocycles. The minimum absolute atomic E-state index is 0.0301. The van der Waals surface area contributed by atoms with Crippen molar-refractivity contribution in [1.82, 2.24) is 4.90 Å². The zero-order chi connectivity index (χ0) is 10.6. The summed E-state index contributed by atoms with van der Waals surface area (Å²) in [5, 5.41) is 8.48. The first-order valence-electron chi connectivity index (χ1n) is 3.73. The number of carbonyl (C=O) groups excluding carboxylic acids is 2. The van der Waals surface area contributed by atoms with Crippen LogP contribution in [-0.2, 0) is 4.79 Å². The standard InChI is InChI=1S/C9H7NO4/c11-6-10(9(13)14)8(12)7-4-2-1-3-5-7/h1-6H,(H,13,14). The molecular weight excluding hydrogens is 186 g/mol. The molecule has 0 radical (unpaired) electrons. The molecule has 0 saturated heterocycles. The van der Waals surface area contributed by atoms with Crippen LogP contribution in [0.1, 0.15) is 10.4 Å². The average Bonchev–Trinajstić information content (AvgIpc) is 2.19. The molecule has 14 heavy (non-hydrogen) atoms. The van der Waals surface area contributed by atoms with Gasteiger partial charge in [0.05, 0.1) is 0 Å². The van der Waals surface area contributed by atoms with E-state index in [1.54, 1.807) is 18.2 Å². The molecule has 0 spiro atoms. The van der Waals surface area contributed by atoms with E-state index in [4.69, 9.17) is 5.11 Å². The highest BCUT2D eigenvalue weighted by atomic mass is 16.4. The van der Waals surface area contributed by atoms with Crippen molar-refractivity contribution in [3.63, 3.8) is 0 Å². The summed E-state index contributed by atoms with van der Waals surface area (Å²) >= 11 is 0. The van der Waals surface area contributed by atoms with Gasteiger partial charge in [0.1, 0.15) is 0 Å². The lowest BCUT2D eigenvalue weighted by molar-refractivity contribution is -0.114. The van der Waals surface area contributed by atoms with Crippen LogP contribution >= 0.6 is 0 Å².